The Labute approximate surface area is 218 Å². The van der Waals surface area contributed by atoms with E-state index in [4.69, 9.17) is 21.1 Å². The summed E-state index contributed by atoms with van der Waals surface area (Å²) < 4.78 is 12.4. The van der Waals surface area contributed by atoms with E-state index in [1.165, 1.54) is 5.57 Å². The van der Waals surface area contributed by atoms with E-state index in [2.05, 4.69) is 22.0 Å². The molecule has 0 bridgehead atoms. The fourth-order valence-corrected chi connectivity index (χ4v) is 5.21. The average molecular weight is 505 g/mol. The number of aromatic nitrogens is 1. The van der Waals surface area contributed by atoms with E-state index in [0.29, 0.717) is 10.9 Å². The summed E-state index contributed by atoms with van der Waals surface area (Å²) in [5.74, 6) is 2.29. The molecule has 1 fully saturated rings. The van der Waals surface area contributed by atoms with E-state index in [0.717, 1.165) is 73.5 Å². The van der Waals surface area contributed by atoms with Crippen LogP contribution in [-0.4, -0.2) is 40.7 Å². The molecule has 2 aliphatic rings. The van der Waals surface area contributed by atoms with Crippen molar-refractivity contribution in [3.05, 3.63) is 88.6 Å². The summed E-state index contributed by atoms with van der Waals surface area (Å²) >= 11 is 6.03. The quantitative estimate of drug-likeness (QED) is 0.408. The Hall–Kier alpha value is -2.86. The van der Waals surface area contributed by atoms with E-state index < -0.39 is 5.60 Å². The van der Waals surface area contributed by atoms with Crippen molar-refractivity contribution in [2.45, 2.75) is 51.2 Å². The fourth-order valence-electron chi connectivity index (χ4n) is 5.08. The van der Waals surface area contributed by atoms with Gasteiger partial charge in [0.1, 0.15) is 11.5 Å². The lowest BCUT2D eigenvalue weighted by Gasteiger charge is -2.38. The predicted octanol–water partition coefficient (Wildman–Crippen LogP) is 6.63. The monoisotopic (exact) mass is 504 g/mol. The average Bonchev–Trinajstić information content (AvgIpc) is 3.03. The van der Waals surface area contributed by atoms with Gasteiger partial charge < -0.3 is 19.5 Å². The molecule has 0 unspecified atom stereocenters. The molecule has 36 heavy (non-hydrogen) atoms. The number of rotatable bonds is 6. The molecule has 0 atom stereocenters. The van der Waals surface area contributed by atoms with Gasteiger partial charge in [-0.3, -0.25) is 0 Å². The zero-order valence-electron chi connectivity index (χ0n) is 20.9. The third-order valence-electron chi connectivity index (χ3n) is 7.04. The highest BCUT2D eigenvalue weighted by molar-refractivity contribution is 6.30. The summed E-state index contributed by atoms with van der Waals surface area (Å²) in [6.07, 6.45) is 7.23. The lowest BCUT2D eigenvalue weighted by atomic mass is 9.84. The first-order valence-electron chi connectivity index (χ1n) is 12.7. The van der Waals surface area contributed by atoms with Crippen LogP contribution in [0.25, 0.3) is 5.57 Å². The van der Waals surface area contributed by atoms with E-state index in [9.17, 15) is 5.11 Å². The number of ether oxygens (including phenoxy) is 2. The van der Waals surface area contributed by atoms with Crippen LogP contribution in [0.2, 0.25) is 5.02 Å². The molecule has 1 saturated heterocycles. The second-order valence-electron chi connectivity index (χ2n) is 9.93. The molecular formula is C30H33ClN2O3. The summed E-state index contributed by atoms with van der Waals surface area (Å²) in [5, 5.41) is 11.9. The number of hydrogen-bond acceptors (Lipinski definition) is 5. The smallest absolute Gasteiger partial charge is 0.226 e. The number of nitrogens with zero attached hydrogens (tertiary/aromatic N) is 2. The zero-order chi connectivity index (χ0) is 25.1. The van der Waals surface area contributed by atoms with Gasteiger partial charge in [-0.25, -0.2) is 4.98 Å². The fraction of sp³-hybridized carbons (Fsp3) is 0.367. The van der Waals surface area contributed by atoms with Crippen LogP contribution in [0.5, 0.6) is 17.4 Å². The molecule has 0 saturated carbocycles. The minimum atomic E-state index is -0.778. The third kappa shape index (κ3) is 5.44. The number of pyridine rings is 1. The molecule has 3 aromatic rings. The number of benzene rings is 2. The maximum atomic E-state index is 11.2. The van der Waals surface area contributed by atoms with Crippen molar-refractivity contribution < 1.29 is 14.6 Å². The molecule has 2 aromatic carbocycles. The van der Waals surface area contributed by atoms with Crippen LogP contribution in [0.4, 0.5) is 0 Å². The molecule has 3 heterocycles. The lowest BCUT2D eigenvalue weighted by molar-refractivity contribution is -0.0254. The van der Waals surface area contributed by atoms with Crippen molar-refractivity contribution >= 4 is 17.2 Å². The van der Waals surface area contributed by atoms with Gasteiger partial charge in [0, 0.05) is 48.4 Å². The normalized spacial score (nSPS) is 18.3. The van der Waals surface area contributed by atoms with Gasteiger partial charge in [0.05, 0.1) is 11.7 Å². The molecule has 2 aliphatic heterocycles. The van der Waals surface area contributed by atoms with Crippen LogP contribution < -0.4 is 9.47 Å². The first-order valence-corrected chi connectivity index (χ1v) is 13.1. The summed E-state index contributed by atoms with van der Waals surface area (Å²) in [7, 11) is 0. The van der Waals surface area contributed by atoms with Crippen molar-refractivity contribution in [2.75, 3.05) is 19.6 Å². The summed E-state index contributed by atoms with van der Waals surface area (Å²) in [4.78, 5) is 6.95. The Morgan fingerprint density at radius 2 is 1.89 bits per heavy atom. The first-order chi connectivity index (χ1) is 17.4. The minimum Gasteiger partial charge on any atom is -0.491 e. The molecular weight excluding hydrogens is 472 g/mol. The largest absolute Gasteiger partial charge is 0.491 e. The zero-order valence-corrected chi connectivity index (χ0v) is 21.7. The van der Waals surface area contributed by atoms with Crippen LogP contribution in [-0.2, 0) is 12.0 Å². The van der Waals surface area contributed by atoms with Crippen molar-refractivity contribution in [3.8, 4) is 17.4 Å². The number of fused-ring (bicyclic) bond motifs is 2. The van der Waals surface area contributed by atoms with Crippen molar-refractivity contribution in [1.29, 1.82) is 0 Å². The first kappa shape index (κ1) is 24.8. The van der Waals surface area contributed by atoms with Crippen molar-refractivity contribution in [1.82, 2.24) is 9.88 Å². The van der Waals surface area contributed by atoms with Gasteiger partial charge in [0.2, 0.25) is 5.88 Å². The summed E-state index contributed by atoms with van der Waals surface area (Å²) in [6, 6.07) is 17.6. The number of allylic oxidation sites excluding steroid dienone is 1. The Bertz CT molecular complexity index is 1230. The predicted molar refractivity (Wildman–Crippen MR) is 144 cm³/mol. The highest BCUT2D eigenvalue weighted by Crippen LogP contribution is 2.42. The highest BCUT2D eigenvalue weighted by Gasteiger charge is 2.33. The van der Waals surface area contributed by atoms with Gasteiger partial charge in [-0.2, -0.15) is 0 Å². The van der Waals surface area contributed by atoms with E-state index in [1.807, 2.05) is 62.4 Å². The second kappa shape index (κ2) is 10.6. The van der Waals surface area contributed by atoms with Crippen LogP contribution in [0.3, 0.4) is 0 Å². The molecule has 0 spiro atoms. The molecule has 0 amide bonds. The van der Waals surface area contributed by atoms with Crippen molar-refractivity contribution in [2.24, 2.45) is 0 Å². The van der Waals surface area contributed by atoms with Gasteiger partial charge in [0.15, 0.2) is 0 Å². The van der Waals surface area contributed by atoms with E-state index >= 15 is 0 Å². The van der Waals surface area contributed by atoms with Crippen LogP contribution in [0, 0.1) is 0 Å². The Morgan fingerprint density at radius 3 is 2.64 bits per heavy atom. The van der Waals surface area contributed by atoms with Gasteiger partial charge in [-0.15, -0.1) is 0 Å². The van der Waals surface area contributed by atoms with Gasteiger partial charge >= 0.3 is 0 Å². The minimum absolute atomic E-state index is 0.0818. The maximum Gasteiger partial charge on any atom is 0.226 e. The summed E-state index contributed by atoms with van der Waals surface area (Å²) in [6.45, 7) is 6.73. The number of piperidine rings is 1. The van der Waals surface area contributed by atoms with Crippen LogP contribution in [0.15, 0.2) is 66.9 Å². The Kier molecular flexibility index (Phi) is 7.33. The molecule has 1 aromatic heterocycles. The van der Waals surface area contributed by atoms with Gasteiger partial charge in [-0.1, -0.05) is 35.9 Å². The SMILES string of the molecule is CC(C)Oc1cccc2c1C/C(=C/CCN1CCC(O)(c3ccc(Cl)cc3)CC1)c1cccnc1O2. The topological polar surface area (TPSA) is 54.8 Å². The second-order valence-corrected chi connectivity index (χ2v) is 10.4. The molecule has 0 radical (unpaired) electrons. The molecule has 5 nitrogen and oxygen atoms in total. The van der Waals surface area contributed by atoms with Gasteiger partial charge in [0.25, 0.3) is 0 Å². The van der Waals surface area contributed by atoms with Crippen LogP contribution >= 0.6 is 11.6 Å². The summed E-state index contributed by atoms with van der Waals surface area (Å²) in [5.41, 5.74) is 3.46. The Morgan fingerprint density at radius 1 is 1.11 bits per heavy atom. The molecule has 188 valence electrons. The highest BCUT2D eigenvalue weighted by atomic mass is 35.5. The van der Waals surface area contributed by atoms with Crippen LogP contribution in [0.1, 0.15) is 49.8 Å². The molecule has 0 aliphatic carbocycles. The number of hydrogen-bond donors (Lipinski definition) is 1. The molecule has 6 heteroatoms. The number of likely N-dealkylation sites (tertiary alicyclic amines) is 1. The third-order valence-corrected chi connectivity index (χ3v) is 7.30. The van der Waals surface area contributed by atoms with E-state index in [1.54, 1.807) is 6.20 Å². The Balaban J connectivity index is 1.29. The maximum absolute atomic E-state index is 11.2. The molecule has 5 rings (SSSR count). The van der Waals surface area contributed by atoms with Crippen molar-refractivity contribution in [3.63, 3.8) is 0 Å². The number of aliphatic hydroxyl groups is 1. The lowest BCUT2D eigenvalue weighted by Crippen LogP contribution is -2.42. The van der Waals surface area contributed by atoms with E-state index in [-0.39, 0.29) is 6.10 Å². The number of halogens is 1. The molecule has 1 N–H and O–H groups in total. The van der Waals surface area contributed by atoms with Gasteiger partial charge in [-0.05, 0) is 80.6 Å². The standard InChI is InChI=1S/C30H33ClN2O3/c1-21(2)35-27-8-3-9-28-26(27)20-22(25-7-4-16-32-29(25)36-28)6-5-17-33-18-14-30(34,15-19-33)23-10-12-24(31)13-11-23/h3-4,6-13,16,21,34H,5,14-15,17-20H2,1-2H3/b22-6-.